The number of rotatable bonds is 5. The topological polar surface area (TPSA) is 57.5 Å². The zero-order valence-corrected chi connectivity index (χ0v) is 9.81. The third-order valence-corrected chi connectivity index (χ3v) is 2.75. The molecule has 0 fully saturated rings. The van der Waals surface area contributed by atoms with Crippen molar-refractivity contribution in [2.45, 2.75) is 25.6 Å². The maximum absolute atomic E-state index is 10.6. The number of aliphatic hydroxyl groups excluding tert-OH is 2. The first kappa shape index (κ1) is 13.2. The molecule has 2 unspecified atom stereocenters. The van der Waals surface area contributed by atoms with Crippen LogP contribution in [0.2, 0.25) is 0 Å². The Bertz CT molecular complexity index is 365. The lowest BCUT2D eigenvalue weighted by atomic mass is 9.98. The molecule has 0 radical (unpaired) electrons. The van der Waals surface area contributed by atoms with Gasteiger partial charge in [0.25, 0.3) is 0 Å². The van der Waals surface area contributed by atoms with Crippen LogP contribution in [0.3, 0.4) is 0 Å². The Morgan fingerprint density at radius 1 is 1.44 bits per heavy atom. The molecule has 0 aromatic heterocycles. The predicted molar refractivity (Wildman–Crippen MR) is 62.9 cm³/mol. The number of aliphatic hydroxyl groups is 2. The molecule has 0 aliphatic heterocycles. The van der Waals surface area contributed by atoms with Crippen molar-refractivity contribution in [3.63, 3.8) is 0 Å². The fourth-order valence-electron chi connectivity index (χ4n) is 1.51. The zero-order valence-electron chi connectivity index (χ0n) is 9.06. The Morgan fingerprint density at radius 2 is 2.12 bits per heavy atom. The Hall–Kier alpha value is -0.900. The largest absolute Gasteiger partial charge is 0.390 e. The smallest absolute Gasteiger partial charge is 0.150 e. The van der Waals surface area contributed by atoms with E-state index in [4.69, 9.17) is 11.6 Å². The molecule has 0 bridgehead atoms. The van der Waals surface area contributed by atoms with E-state index in [2.05, 4.69) is 0 Å². The Balaban J connectivity index is 2.88. The summed E-state index contributed by atoms with van der Waals surface area (Å²) < 4.78 is 0. The highest BCUT2D eigenvalue weighted by Crippen LogP contribution is 2.21. The molecule has 3 nitrogen and oxygen atoms in total. The van der Waals surface area contributed by atoms with Gasteiger partial charge in [-0.1, -0.05) is 18.2 Å². The molecule has 0 amide bonds. The van der Waals surface area contributed by atoms with Crippen LogP contribution in [0.15, 0.2) is 18.2 Å². The van der Waals surface area contributed by atoms with Crippen LogP contribution in [0.4, 0.5) is 0 Å². The monoisotopic (exact) mass is 242 g/mol. The lowest BCUT2D eigenvalue weighted by Gasteiger charge is -2.17. The second-order valence-corrected chi connectivity index (χ2v) is 4.10. The molecular formula is C12H15ClO3. The van der Waals surface area contributed by atoms with E-state index in [-0.39, 0.29) is 0 Å². The average molecular weight is 243 g/mol. The predicted octanol–water partition coefficient (Wildman–Crippen LogP) is 1.83. The molecule has 0 saturated carbocycles. The maximum Gasteiger partial charge on any atom is 0.150 e. The summed E-state index contributed by atoms with van der Waals surface area (Å²) in [5.41, 5.74) is 1.97. The molecule has 88 valence electrons. The quantitative estimate of drug-likeness (QED) is 0.612. The first-order chi connectivity index (χ1) is 7.60. The summed E-state index contributed by atoms with van der Waals surface area (Å²) >= 11 is 5.49. The molecule has 4 heteroatoms. The summed E-state index contributed by atoms with van der Waals surface area (Å²) in [5, 5.41) is 19.4. The van der Waals surface area contributed by atoms with Crippen LogP contribution in [-0.2, 0) is 0 Å². The maximum atomic E-state index is 10.6. The van der Waals surface area contributed by atoms with Gasteiger partial charge in [-0.2, -0.15) is 0 Å². The van der Waals surface area contributed by atoms with E-state index in [1.807, 2.05) is 0 Å². The van der Waals surface area contributed by atoms with Crippen molar-refractivity contribution in [3.8, 4) is 0 Å². The van der Waals surface area contributed by atoms with E-state index in [0.717, 1.165) is 11.8 Å². The Labute approximate surface area is 99.7 Å². The van der Waals surface area contributed by atoms with Gasteiger partial charge in [-0.3, -0.25) is 4.79 Å². The summed E-state index contributed by atoms with van der Waals surface area (Å²) in [6.07, 6.45) is -0.741. The average Bonchev–Trinajstić information content (AvgIpc) is 2.28. The molecule has 0 spiro atoms. The summed E-state index contributed by atoms with van der Waals surface area (Å²) in [5.74, 6) is 0.295. The summed E-state index contributed by atoms with van der Waals surface area (Å²) in [4.78, 5) is 10.6. The Morgan fingerprint density at radius 3 is 2.62 bits per heavy atom. The van der Waals surface area contributed by atoms with Gasteiger partial charge in [-0.25, -0.2) is 0 Å². The van der Waals surface area contributed by atoms with Gasteiger partial charge in [0, 0.05) is 11.4 Å². The van der Waals surface area contributed by atoms with Crippen LogP contribution >= 0.6 is 11.6 Å². The highest BCUT2D eigenvalue weighted by molar-refractivity contribution is 6.17. The second-order valence-electron chi connectivity index (χ2n) is 3.72. The van der Waals surface area contributed by atoms with E-state index in [1.165, 1.54) is 0 Å². The van der Waals surface area contributed by atoms with Crippen molar-refractivity contribution in [3.05, 3.63) is 34.9 Å². The fraction of sp³-hybridized carbons (Fsp3) is 0.417. The lowest BCUT2D eigenvalue weighted by molar-refractivity contribution is 0.0169. The van der Waals surface area contributed by atoms with Crippen LogP contribution in [0.25, 0.3) is 0 Å². The number of aryl methyl sites for hydroxylation is 1. The summed E-state index contributed by atoms with van der Waals surface area (Å²) in [6, 6.07) is 4.97. The summed E-state index contributed by atoms with van der Waals surface area (Å²) in [6.45, 7) is 1.79. The van der Waals surface area contributed by atoms with Crippen molar-refractivity contribution in [2.24, 2.45) is 0 Å². The SMILES string of the molecule is Cc1cc(C(O)C(O)CCCl)ccc1C=O. The van der Waals surface area contributed by atoms with Crippen molar-refractivity contribution < 1.29 is 15.0 Å². The molecule has 1 rings (SSSR count). The third kappa shape index (κ3) is 3.04. The number of halogens is 1. The molecule has 0 saturated heterocycles. The first-order valence-electron chi connectivity index (χ1n) is 5.08. The van der Waals surface area contributed by atoms with Gasteiger partial charge in [-0.05, 0) is 24.5 Å². The third-order valence-electron chi connectivity index (χ3n) is 2.53. The molecular weight excluding hydrogens is 228 g/mol. The van der Waals surface area contributed by atoms with E-state index in [1.54, 1.807) is 25.1 Å². The number of aldehydes is 1. The highest BCUT2D eigenvalue weighted by Gasteiger charge is 2.18. The first-order valence-corrected chi connectivity index (χ1v) is 5.61. The van der Waals surface area contributed by atoms with Gasteiger partial charge in [0.1, 0.15) is 12.4 Å². The number of carbonyl (C=O) groups is 1. The Kier molecular flexibility index (Phi) is 4.93. The van der Waals surface area contributed by atoms with Crippen LogP contribution in [0, 0.1) is 6.92 Å². The van der Waals surface area contributed by atoms with Crippen LogP contribution < -0.4 is 0 Å². The van der Waals surface area contributed by atoms with Gasteiger partial charge in [0.05, 0.1) is 6.10 Å². The molecule has 1 aromatic carbocycles. The van der Waals surface area contributed by atoms with Crippen molar-refractivity contribution in [2.75, 3.05) is 5.88 Å². The van der Waals surface area contributed by atoms with E-state index in [0.29, 0.717) is 23.4 Å². The fourth-order valence-corrected chi connectivity index (χ4v) is 1.73. The lowest BCUT2D eigenvalue weighted by Crippen LogP contribution is -2.18. The molecule has 2 atom stereocenters. The number of alkyl halides is 1. The molecule has 16 heavy (non-hydrogen) atoms. The van der Waals surface area contributed by atoms with E-state index < -0.39 is 12.2 Å². The van der Waals surface area contributed by atoms with Gasteiger partial charge < -0.3 is 10.2 Å². The van der Waals surface area contributed by atoms with E-state index >= 15 is 0 Å². The van der Waals surface area contributed by atoms with Crippen molar-refractivity contribution in [1.82, 2.24) is 0 Å². The molecule has 0 heterocycles. The minimum Gasteiger partial charge on any atom is -0.390 e. The van der Waals surface area contributed by atoms with Gasteiger partial charge >= 0.3 is 0 Å². The second kappa shape index (κ2) is 5.99. The van der Waals surface area contributed by atoms with Crippen molar-refractivity contribution in [1.29, 1.82) is 0 Å². The number of hydrogen-bond acceptors (Lipinski definition) is 3. The summed E-state index contributed by atoms with van der Waals surface area (Å²) in [7, 11) is 0. The molecule has 2 N–H and O–H groups in total. The molecule has 0 aliphatic carbocycles. The number of hydrogen-bond donors (Lipinski definition) is 2. The van der Waals surface area contributed by atoms with Crippen LogP contribution in [0.5, 0.6) is 0 Å². The highest BCUT2D eigenvalue weighted by atomic mass is 35.5. The molecule has 0 aliphatic rings. The number of benzene rings is 1. The number of carbonyl (C=O) groups excluding carboxylic acids is 1. The minimum atomic E-state index is -0.960. The van der Waals surface area contributed by atoms with Gasteiger partial charge in [0.2, 0.25) is 0 Å². The van der Waals surface area contributed by atoms with Crippen molar-refractivity contribution >= 4 is 17.9 Å². The molecule has 1 aromatic rings. The normalized spacial score (nSPS) is 14.5. The minimum absolute atomic E-state index is 0.295. The van der Waals surface area contributed by atoms with Crippen LogP contribution in [0.1, 0.15) is 34.0 Å². The standard InChI is InChI=1S/C12H15ClO3/c1-8-6-9(2-3-10(8)7-14)12(16)11(15)4-5-13/h2-3,6-7,11-12,15-16H,4-5H2,1H3. The van der Waals surface area contributed by atoms with E-state index in [9.17, 15) is 15.0 Å². The van der Waals surface area contributed by atoms with Gasteiger partial charge in [0.15, 0.2) is 0 Å². The zero-order chi connectivity index (χ0) is 12.1. The van der Waals surface area contributed by atoms with Crippen LogP contribution in [-0.4, -0.2) is 28.5 Å². The van der Waals surface area contributed by atoms with Gasteiger partial charge in [-0.15, -0.1) is 11.6 Å².